The Morgan fingerprint density at radius 1 is 0.806 bits per heavy atom. The Hall–Kier alpha value is -3.48. The molecule has 3 aromatic carbocycles. The van der Waals surface area contributed by atoms with Crippen molar-refractivity contribution in [2.75, 3.05) is 11.9 Å². The van der Waals surface area contributed by atoms with Crippen LogP contribution in [0.25, 0.3) is 0 Å². The number of hydrogen-bond donors (Lipinski definition) is 1. The third-order valence-electron chi connectivity index (χ3n) is 4.69. The Balaban J connectivity index is 1.45. The molecule has 8 heteroatoms. The molecule has 0 bridgehead atoms. The van der Waals surface area contributed by atoms with Gasteiger partial charge in [-0.1, -0.05) is 47.5 Å². The van der Waals surface area contributed by atoms with Gasteiger partial charge in [-0.2, -0.15) is 0 Å². The topological polar surface area (TPSA) is 89.5 Å². The van der Waals surface area contributed by atoms with E-state index in [1.54, 1.807) is 24.3 Å². The van der Waals surface area contributed by atoms with Crippen molar-refractivity contribution < 1.29 is 23.9 Å². The number of anilines is 1. The Morgan fingerprint density at radius 2 is 1.45 bits per heavy atom. The van der Waals surface area contributed by atoms with E-state index in [1.165, 1.54) is 36.4 Å². The van der Waals surface area contributed by atoms with Gasteiger partial charge in [-0.25, -0.2) is 4.79 Å². The fourth-order valence-electron chi connectivity index (χ4n) is 3.24. The molecule has 0 fully saturated rings. The lowest BCUT2D eigenvalue weighted by atomic mass is 9.84. The van der Waals surface area contributed by atoms with Crippen LogP contribution in [0.15, 0.2) is 60.7 Å². The van der Waals surface area contributed by atoms with Gasteiger partial charge in [-0.15, -0.1) is 0 Å². The van der Waals surface area contributed by atoms with E-state index in [4.69, 9.17) is 27.9 Å². The van der Waals surface area contributed by atoms with Gasteiger partial charge in [-0.3, -0.25) is 14.4 Å². The number of fused-ring (bicyclic) bond motifs is 2. The molecule has 0 atom stereocenters. The van der Waals surface area contributed by atoms with Gasteiger partial charge in [0.2, 0.25) is 0 Å². The predicted molar refractivity (Wildman–Crippen MR) is 115 cm³/mol. The number of carbonyl (C=O) groups excluding carboxylic acids is 4. The summed E-state index contributed by atoms with van der Waals surface area (Å²) in [6.45, 7) is -0.565. The lowest BCUT2D eigenvalue weighted by Crippen LogP contribution is -2.23. The summed E-state index contributed by atoms with van der Waals surface area (Å²) in [6.07, 6.45) is 0. The van der Waals surface area contributed by atoms with Gasteiger partial charge in [0.05, 0.1) is 10.6 Å². The van der Waals surface area contributed by atoms with E-state index >= 15 is 0 Å². The van der Waals surface area contributed by atoms with Crippen LogP contribution in [0.4, 0.5) is 5.69 Å². The van der Waals surface area contributed by atoms with Gasteiger partial charge in [0.1, 0.15) is 0 Å². The van der Waals surface area contributed by atoms with Crippen molar-refractivity contribution in [2.45, 2.75) is 0 Å². The fourth-order valence-corrected chi connectivity index (χ4v) is 3.72. The molecular weight excluding hydrogens is 441 g/mol. The number of benzene rings is 3. The maximum atomic E-state index is 12.8. The highest BCUT2D eigenvalue weighted by Gasteiger charge is 2.29. The predicted octanol–water partition coefficient (Wildman–Crippen LogP) is 4.56. The van der Waals surface area contributed by atoms with Crippen LogP contribution in [0.5, 0.6) is 0 Å². The lowest BCUT2D eigenvalue weighted by molar-refractivity contribution is -0.119. The number of amides is 1. The summed E-state index contributed by atoms with van der Waals surface area (Å²) in [7, 11) is 0. The monoisotopic (exact) mass is 453 g/mol. The van der Waals surface area contributed by atoms with Crippen LogP contribution in [0, 0.1) is 0 Å². The zero-order chi connectivity index (χ0) is 22.1. The average Bonchev–Trinajstić information content (AvgIpc) is 2.76. The maximum Gasteiger partial charge on any atom is 0.340 e. The Bertz CT molecular complexity index is 1270. The molecule has 1 amide bonds. The van der Waals surface area contributed by atoms with E-state index in [-0.39, 0.29) is 33.3 Å². The molecule has 6 nitrogen and oxygen atoms in total. The second-order valence-electron chi connectivity index (χ2n) is 6.71. The van der Waals surface area contributed by atoms with Gasteiger partial charge in [0.25, 0.3) is 5.91 Å². The second-order valence-corrected chi connectivity index (χ2v) is 7.56. The molecule has 0 aliphatic heterocycles. The maximum absolute atomic E-state index is 12.8. The first-order valence-corrected chi connectivity index (χ1v) is 9.85. The van der Waals surface area contributed by atoms with Crippen molar-refractivity contribution in [1.29, 1.82) is 0 Å². The van der Waals surface area contributed by atoms with E-state index < -0.39 is 18.5 Å². The lowest BCUT2D eigenvalue weighted by Gasteiger charge is -2.18. The zero-order valence-electron chi connectivity index (χ0n) is 15.8. The molecule has 1 aliphatic carbocycles. The summed E-state index contributed by atoms with van der Waals surface area (Å²) in [5, 5.41) is 3.02. The summed E-state index contributed by atoms with van der Waals surface area (Å²) in [5.74, 6) is -1.95. The first-order chi connectivity index (χ1) is 14.8. The van der Waals surface area contributed by atoms with Crippen LogP contribution in [-0.4, -0.2) is 30.0 Å². The molecule has 31 heavy (non-hydrogen) atoms. The Labute approximate surface area is 186 Å². The number of rotatable bonds is 4. The van der Waals surface area contributed by atoms with Crippen LogP contribution < -0.4 is 5.32 Å². The molecule has 4 rings (SSSR count). The molecule has 3 aromatic rings. The smallest absolute Gasteiger partial charge is 0.340 e. The minimum Gasteiger partial charge on any atom is -0.452 e. The summed E-state index contributed by atoms with van der Waals surface area (Å²) in [5.41, 5.74) is 1.51. The molecule has 1 aliphatic rings. The molecule has 0 radical (unpaired) electrons. The first kappa shape index (κ1) is 20.8. The summed E-state index contributed by atoms with van der Waals surface area (Å²) >= 11 is 11.7. The standard InChI is InChI=1S/C23H13Cl2NO5/c24-12-5-7-17(19(25)9-12)23(30)31-11-20(27)26-13-6-8-16-18(10-13)22(29)15-4-2-1-3-14(15)21(16)28/h1-10H,11H2,(H,26,27). The van der Waals surface area contributed by atoms with E-state index in [0.717, 1.165) is 0 Å². The van der Waals surface area contributed by atoms with Gasteiger partial charge in [-0.05, 0) is 36.4 Å². The fraction of sp³-hybridized carbons (Fsp3) is 0.0435. The minimum absolute atomic E-state index is 0.0791. The molecule has 0 aromatic heterocycles. The number of hydrogen-bond acceptors (Lipinski definition) is 5. The highest BCUT2D eigenvalue weighted by atomic mass is 35.5. The highest BCUT2D eigenvalue weighted by molar-refractivity contribution is 6.36. The quantitative estimate of drug-likeness (QED) is 0.457. The van der Waals surface area contributed by atoms with E-state index in [0.29, 0.717) is 21.8 Å². The highest BCUT2D eigenvalue weighted by Crippen LogP contribution is 2.29. The Morgan fingerprint density at radius 3 is 2.13 bits per heavy atom. The molecule has 0 heterocycles. The van der Waals surface area contributed by atoms with Gasteiger partial charge in [0, 0.05) is 33.0 Å². The number of ether oxygens (including phenoxy) is 1. The number of carbonyl (C=O) groups is 4. The molecule has 0 saturated heterocycles. The third kappa shape index (κ3) is 4.08. The number of ketones is 2. The first-order valence-electron chi connectivity index (χ1n) is 9.09. The number of halogens is 2. The van der Waals surface area contributed by atoms with Crippen LogP contribution in [0.1, 0.15) is 42.2 Å². The number of nitrogens with one attached hydrogen (secondary N) is 1. The van der Waals surface area contributed by atoms with E-state index in [2.05, 4.69) is 5.32 Å². The van der Waals surface area contributed by atoms with Crippen LogP contribution in [0.2, 0.25) is 10.0 Å². The van der Waals surface area contributed by atoms with Crippen molar-refractivity contribution >= 4 is 52.3 Å². The SMILES string of the molecule is O=C(COC(=O)c1ccc(Cl)cc1Cl)Nc1ccc2c(c1)C(=O)c1ccccc1C2=O. The molecular formula is C23H13Cl2NO5. The van der Waals surface area contributed by atoms with Crippen LogP contribution in [0.3, 0.4) is 0 Å². The second kappa shape index (κ2) is 8.34. The molecule has 154 valence electrons. The van der Waals surface area contributed by atoms with Crippen LogP contribution in [-0.2, 0) is 9.53 Å². The van der Waals surface area contributed by atoms with Gasteiger partial charge < -0.3 is 10.1 Å². The van der Waals surface area contributed by atoms with E-state index in [1.807, 2.05) is 0 Å². The number of esters is 1. The van der Waals surface area contributed by atoms with Gasteiger partial charge in [0.15, 0.2) is 18.2 Å². The van der Waals surface area contributed by atoms with Crippen molar-refractivity contribution in [3.8, 4) is 0 Å². The summed E-state index contributed by atoms with van der Waals surface area (Å²) in [6, 6.07) is 15.3. The van der Waals surface area contributed by atoms with Crippen molar-refractivity contribution in [1.82, 2.24) is 0 Å². The molecule has 0 unspecified atom stereocenters. The van der Waals surface area contributed by atoms with Crippen LogP contribution >= 0.6 is 23.2 Å². The van der Waals surface area contributed by atoms with Gasteiger partial charge >= 0.3 is 5.97 Å². The van der Waals surface area contributed by atoms with E-state index in [9.17, 15) is 19.2 Å². The molecule has 0 saturated carbocycles. The molecule has 1 N–H and O–H groups in total. The molecule has 0 spiro atoms. The van der Waals surface area contributed by atoms with Crippen molar-refractivity contribution in [3.05, 3.63) is 98.5 Å². The van der Waals surface area contributed by atoms with Crippen molar-refractivity contribution in [2.24, 2.45) is 0 Å². The van der Waals surface area contributed by atoms with Crippen molar-refractivity contribution in [3.63, 3.8) is 0 Å². The average molecular weight is 454 g/mol. The Kier molecular flexibility index (Phi) is 5.59. The minimum atomic E-state index is -0.778. The summed E-state index contributed by atoms with van der Waals surface area (Å²) < 4.78 is 4.98. The third-order valence-corrected chi connectivity index (χ3v) is 5.24. The largest absolute Gasteiger partial charge is 0.452 e. The zero-order valence-corrected chi connectivity index (χ0v) is 17.3. The normalized spacial score (nSPS) is 12.1. The summed E-state index contributed by atoms with van der Waals surface area (Å²) in [4.78, 5) is 49.7.